The summed E-state index contributed by atoms with van der Waals surface area (Å²) in [6, 6.07) is 7.81. The number of ether oxygens (including phenoxy) is 1. The van der Waals surface area contributed by atoms with Crippen molar-refractivity contribution in [1.29, 1.82) is 0 Å². The highest BCUT2D eigenvalue weighted by Gasteiger charge is 2.17. The van der Waals surface area contributed by atoms with Gasteiger partial charge in [0.05, 0.1) is 0 Å². The Balaban J connectivity index is 2.47. The third kappa shape index (κ3) is 6.06. The van der Waals surface area contributed by atoms with Crippen molar-refractivity contribution in [2.24, 2.45) is 0 Å². The van der Waals surface area contributed by atoms with E-state index in [0.29, 0.717) is 0 Å². The van der Waals surface area contributed by atoms with Gasteiger partial charge in [0, 0.05) is 12.1 Å². The molecule has 0 saturated heterocycles. The molecule has 1 aromatic rings. The van der Waals surface area contributed by atoms with Gasteiger partial charge in [-0.25, -0.2) is 0 Å². The second-order valence-corrected chi connectivity index (χ2v) is 5.50. The minimum Gasteiger partial charge on any atom is -0.484 e. The van der Waals surface area contributed by atoms with E-state index in [-0.39, 0.29) is 18.1 Å². The van der Waals surface area contributed by atoms with Crippen LogP contribution in [-0.2, 0) is 11.3 Å². The Hall–Kier alpha value is -1.55. The Kier molecular flexibility index (Phi) is 6.52. The van der Waals surface area contributed by atoms with Crippen molar-refractivity contribution >= 4 is 5.91 Å². The summed E-state index contributed by atoms with van der Waals surface area (Å²) >= 11 is 0. The van der Waals surface area contributed by atoms with E-state index in [4.69, 9.17) is 4.74 Å². The van der Waals surface area contributed by atoms with Gasteiger partial charge in [0.2, 0.25) is 0 Å². The van der Waals surface area contributed by atoms with Gasteiger partial charge in [-0.2, -0.15) is 0 Å². The molecule has 1 rings (SSSR count). The molecule has 0 heterocycles. The first kappa shape index (κ1) is 16.5. The fourth-order valence-electron chi connectivity index (χ4n) is 1.67. The quantitative estimate of drug-likeness (QED) is 0.768. The molecule has 0 aliphatic heterocycles. The van der Waals surface area contributed by atoms with Crippen LogP contribution in [-0.4, -0.2) is 24.6 Å². The molecule has 112 valence electrons. The van der Waals surface area contributed by atoms with Gasteiger partial charge < -0.3 is 15.4 Å². The second kappa shape index (κ2) is 7.90. The van der Waals surface area contributed by atoms with Crippen molar-refractivity contribution in [3.63, 3.8) is 0 Å². The van der Waals surface area contributed by atoms with Crippen LogP contribution in [0, 0.1) is 0 Å². The van der Waals surface area contributed by atoms with E-state index < -0.39 is 0 Å². The van der Waals surface area contributed by atoms with Gasteiger partial charge in [-0.15, -0.1) is 0 Å². The SMILES string of the molecule is CCNCc1cccc(OCC(=O)NC(C)(C)CC)c1. The third-order valence-electron chi connectivity index (χ3n) is 3.21. The maximum atomic E-state index is 11.8. The lowest BCUT2D eigenvalue weighted by atomic mass is 10.0. The fourth-order valence-corrected chi connectivity index (χ4v) is 1.67. The summed E-state index contributed by atoms with van der Waals surface area (Å²) in [5.41, 5.74) is 0.964. The van der Waals surface area contributed by atoms with Crippen LogP contribution in [0.5, 0.6) is 5.75 Å². The molecule has 0 aromatic heterocycles. The number of amides is 1. The Morgan fingerprint density at radius 3 is 2.70 bits per heavy atom. The maximum absolute atomic E-state index is 11.8. The van der Waals surface area contributed by atoms with Crippen molar-refractivity contribution in [2.75, 3.05) is 13.2 Å². The zero-order valence-corrected chi connectivity index (χ0v) is 13.0. The van der Waals surface area contributed by atoms with E-state index in [2.05, 4.69) is 17.6 Å². The number of carbonyl (C=O) groups is 1. The monoisotopic (exact) mass is 278 g/mol. The Bertz CT molecular complexity index is 430. The summed E-state index contributed by atoms with van der Waals surface area (Å²) in [6.07, 6.45) is 0.886. The van der Waals surface area contributed by atoms with Gasteiger partial charge >= 0.3 is 0 Å². The van der Waals surface area contributed by atoms with Crippen molar-refractivity contribution in [3.8, 4) is 5.75 Å². The number of hydrogen-bond donors (Lipinski definition) is 2. The lowest BCUT2D eigenvalue weighted by Crippen LogP contribution is -2.44. The van der Waals surface area contributed by atoms with Gasteiger partial charge in [-0.05, 0) is 44.5 Å². The predicted octanol–water partition coefficient (Wildman–Crippen LogP) is 2.48. The van der Waals surface area contributed by atoms with E-state index in [9.17, 15) is 4.79 Å². The summed E-state index contributed by atoms with van der Waals surface area (Å²) in [6.45, 7) is 9.91. The van der Waals surface area contributed by atoms with Crippen LogP contribution in [0.4, 0.5) is 0 Å². The van der Waals surface area contributed by atoms with Crippen LogP contribution < -0.4 is 15.4 Å². The van der Waals surface area contributed by atoms with Gasteiger partial charge in [-0.3, -0.25) is 4.79 Å². The van der Waals surface area contributed by atoms with Crippen LogP contribution in [0.3, 0.4) is 0 Å². The molecule has 0 atom stereocenters. The van der Waals surface area contributed by atoms with E-state index in [1.807, 2.05) is 45.0 Å². The highest BCUT2D eigenvalue weighted by Crippen LogP contribution is 2.13. The first-order chi connectivity index (χ1) is 9.46. The summed E-state index contributed by atoms with van der Waals surface area (Å²) in [7, 11) is 0. The first-order valence-electron chi connectivity index (χ1n) is 7.20. The van der Waals surface area contributed by atoms with Crippen LogP contribution in [0.2, 0.25) is 0 Å². The minimum atomic E-state index is -0.187. The van der Waals surface area contributed by atoms with E-state index in [1.54, 1.807) is 0 Å². The third-order valence-corrected chi connectivity index (χ3v) is 3.21. The molecule has 0 aliphatic carbocycles. The molecule has 4 nitrogen and oxygen atoms in total. The van der Waals surface area contributed by atoms with Crippen molar-refractivity contribution in [2.45, 2.75) is 46.2 Å². The zero-order chi connectivity index (χ0) is 15.0. The molecule has 0 unspecified atom stereocenters. The number of benzene rings is 1. The van der Waals surface area contributed by atoms with Gasteiger partial charge in [0.1, 0.15) is 5.75 Å². The Morgan fingerprint density at radius 2 is 2.05 bits per heavy atom. The maximum Gasteiger partial charge on any atom is 0.258 e. The lowest BCUT2D eigenvalue weighted by Gasteiger charge is -2.24. The average Bonchev–Trinajstić information content (AvgIpc) is 2.43. The van der Waals surface area contributed by atoms with E-state index in [0.717, 1.165) is 30.8 Å². The molecule has 0 radical (unpaired) electrons. The fraction of sp³-hybridized carbons (Fsp3) is 0.562. The number of rotatable bonds is 8. The molecule has 0 saturated carbocycles. The number of carbonyl (C=O) groups excluding carboxylic acids is 1. The predicted molar refractivity (Wildman–Crippen MR) is 81.8 cm³/mol. The minimum absolute atomic E-state index is 0.0497. The summed E-state index contributed by atoms with van der Waals surface area (Å²) < 4.78 is 5.54. The highest BCUT2D eigenvalue weighted by atomic mass is 16.5. The molecule has 4 heteroatoms. The van der Waals surface area contributed by atoms with Crippen LogP contribution in [0.1, 0.15) is 39.7 Å². The smallest absolute Gasteiger partial charge is 0.258 e. The van der Waals surface area contributed by atoms with Crippen LogP contribution in [0.25, 0.3) is 0 Å². The standard InChI is InChI=1S/C16H26N2O2/c1-5-16(3,4)18-15(19)12-20-14-9-7-8-13(10-14)11-17-6-2/h7-10,17H,5-6,11-12H2,1-4H3,(H,18,19). The summed E-state index contributed by atoms with van der Waals surface area (Å²) in [5, 5.41) is 6.21. The topological polar surface area (TPSA) is 50.4 Å². The number of nitrogens with one attached hydrogen (secondary N) is 2. The Morgan fingerprint density at radius 1 is 1.30 bits per heavy atom. The van der Waals surface area contributed by atoms with E-state index in [1.165, 1.54) is 0 Å². The molecule has 0 aliphatic rings. The van der Waals surface area contributed by atoms with Gasteiger partial charge in [-0.1, -0.05) is 26.0 Å². The normalized spacial score (nSPS) is 11.2. The largest absolute Gasteiger partial charge is 0.484 e. The highest BCUT2D eigenvalue weighted by molar-refractivity contribution is 5.78. The van der Waals surface area contributed by atoms with Crippen LogP contribution >= 0.6 is 0 Å². The summed E-state index contributed by atoms with van der Waals surface area (Å²) in [5.74, 6) is 0.638. The second-order valence-electron chi connectivity index (χ2n) is 5.50. The van der Waals surface area contributed by atoms with Gasteiger partial charge in [0.25, 0.3) is 5.91 Å². The molecule has 0 bridgehead atoms. The van der Waals surface area contributed by atoms with Crippen molar-refractivity contribution in [3.05, 3.63) is 29.8 Å². The van der Waals surface area contributed by atoms with Crippen LogP contribution in [0.15, 0.2) is 24.3 Å². The molecule has 2 N–H and O–H groups in total. The van der Waals surface area contributed by atoms with Gasteiger partial charge in [0.15, 0.2) is 6.61 Å². The Labute approximate surface area is 121 Å². The molecule has 1 amide bonds. The lowest BCUT2D eigenvalue weighted by molar-refractivity contribution is -0.124. The molecule has 0 fully saturated rings. The molecular weight excluding hydrogens is 252 g/mol. The average molecular weight is 278 g/mol. The first-order valence-corrected chi connectivity index (χ1v) is 7.20. The van der Waals surface area contributed by atoms with E-state index >= 15 is 0 Å². The zero-order valence-electron chi connectivity index (χ0n) is 13.0. The van der Waals surface area contributed by atoms with Crippen molar-refractivity contribution < 1.29 is 9.53 Å². The molecule has 20 heavy (non-hydrogen) atoms. The van der Waals surface area contributed by atoms with Crippen molar-refractivity contribution in [1.82, 2.24) is 10.6 Å². The molecule has 1 aromatic carbocycles. The molecule has 0 spiro atoms. The molecular formula is C16H26N2O2. The number of hydrogen-bond acceptors (Lipinski definition) is 3. The summed E-state index contributed by atoms with van der Waals surface area (Å²) in [4.78, 5) is 11.8.